The molecular formula is C18H30N4O. The lowest BCUT2D eigenvalue weighted by molar-refractivity contribution is 0.134. The predicted octanol–water partition coefficient (Wildman–Crippen LogP) is 1.06. The van der Waals surface area contributed by atoms with Gasteiger partial charge in [0.1, 0.15) is 12.4 Å². The van der Waals surface area contributed by atoms with Gasteiger partial charge in [-0.1, -0.05) is 0 Å². The zero-order valence-corrected chi connectivity index (χ0v) is 14.6. The van der Waals surface area contributed by atoms with Crippen molar-refractivity contribution in [3.8, 4) is 5.75 Å². The Bertz CT molecular complexity index is 462. The minimum absolute atomic E-state index is 0.775. The van der Waals surface area contributed by atoms with Gasteiger partial charge >= 0.3 is 0 Å². The summed E-state index contributed by atoms with van der Waals surface area (Å²) in [5.74, 6) is 0.983. The summed E-state index contributed by atoms with van der Waals surface area (Å²) >= 11 is 0. The first-order valence-electron chi connectivity index (χ1n) is 8.78. The molecule has 128 valence electrons. The summed E-state index contributed by atoms with van der Waals surface area (Å²) in [6, 6.07) is 8.60. The van der Waals surface area contributed by atoms with Gasteiger partial charge in [-0.3, -0.25) is 4.90 Å². The van der Waals surface area contributed by atoms with E-state index in [1.807, 2.05) is 0 Å². The molecule has 5 heteroatoms. The van der Waals surface area contributed by atoms with Crippen LogP contribution < -0.4 is 9.64 Å². The summed E-state index contributed by atoms with van der Waals surface area (Å²) in [4.78, 5) is 9.70. The van der Waals surface area contributed by atoms with Crippen LogP contribution in [0.5, 0.6) is 5.75 Å². The van der Waals surface area contributed by atoms with Crippen LogP contribution in [0.3, 0.4) is 0 Å². The summed E-state index contributed by atoms with van der Waals surface area (Å²) in [5.41, 5.74) is 1.31. The van der Waals surface area contributed by atoms with Gasteiger partial charge in [0.25, 0.3) is 0 Å². The van der Waals surface area contributed by atoms with Crippen molar-refractivity contribution in [2.24, 2.45) is 0 Å². The van der Waals surface area contributed by atoms with Crippen molar-refractivity contribution in [2.45, 2.75) is 0 Å². The van der Waals surface area contributed by atoms with Crippen molar-refractivity contribution in [3.05, 3.63) is 24.3 Å². The molecule has 0 atom stereocenters. The number of hydrogen-bond acceptors (Lipinski definition) is 5. The monoisotopic (exact) mass is 318 g/mol. The van der Waals surface area contributed by atoms with E-state index in [1.165, 1.54) is 18.8 Å². The minimum atomic E-state index is 0.775. The van der Waals surface area contributed by atoms with Gasteiger partial charge in [-0.15, -0.1) is 0 Å². The van der Waals surface area contributed by atoms with Gasteiger partial charge in [0.15, 0.2) is 0 Å². The Morgan fingerprint density at radius 2 is 1.35 bits per heavy atom. The fourth-order valence-electron chi connectivity index (χ4n) is 3.18. The van der Waals surface area contributed by atoms with Gasteiger partial charge < -0.3 is 19.4 Å². The molecule has 0 spiro atoms. The topological polar surface area (TPSA) is 22.2 Å². The van der Waals surface area contributed by atoms with Crippen molar-refractivity contribution in [1.82, 2.24) is 14.7 Å². The highest BCUT2D eigenvalue weighted by atomic mass is 16.5. The van der Waals surface area contributed by atoms with E-state index in [-0.39, 0.29) is 0 Å². The fraction of sp³-hybridized carbons (Fsp3) is 0.667. The Balaban J connectivity index is 1.41. The summed E-state index contributed by atoms with van der Waals surface area (Å²) < 4.78 is 5.91. The average molecular weight is 318 g/mol. The van der Waals surface area contributed by atoms with Gasteiger partial charge in [0.2, 0.25) is 0 Å². The van der Waals surface area contributed by atoms with E-state index >= 15 is 0 Å². The molecule has 1 aromatic carbocycles. The van der Waals surface area contributed by atoms with Crippen molar-refractivity contribution in [2.75, 3.05) is 84.5 Å². The lowest BCUT2D eigenvalue weighted by Crippen LogP contribution is -2.45. The Morgan fingerprint density at radius 3 is 1.96 bits per heavy atom. The van der Waals surface area contributed by atoms with E-state index in [4.69, 9.17) is 4.74 Å². The molecular weight excluding hydrogens is 288 g/mol. The van der Waals surface area contributed by atoms with Crippen LogP contribution in [-0.4, -0.2) is 94.3 Å². The molecule has 23 heavy (non-hydrogen) atoms. The number of nitrogens with zero attached hydrogens (tertiary/aromatic N) is 4. The fourth-order valence-corrected chi connectivity index (χ4v) is 3.18. The summed E-state index contributed by atoms with van der Waals surface area (Å²) in [5, 5.41) is 0. The standard InChI is InChI=1S/C18H30N4O/c1-19-7-11-21(12-8-19)15-16-23-18-5-3-17(4-6-18)22-13-9-20(2)10-14-22/h3-6H,7-16H2,1-2H3. The molecule has 2 aliphatic heterocycles. The third kappa shape index (κ3) is 4.83. The number of likely N-dealkylation sites (N-methyl/N-ethyl adjacent to an activating group) is 2. The maximum Gasteiger partial charge on any atom is 0.119 e. The Kier molecular flexibility index (Phi) is 5.75. The molecule has 2 saturated heterocycles. The number of hydrogen-bond donors (Lipinski definition) is 0. The SMILES string of the molecule is CN1CCN(CCOc2ccc(N3CCN(C)CC3)cc2)CC1. The molecule has 2 heterocycles. The van der Waals surface area contributed by atoms with E-state index in [1.54, 1.807) is 0 Å². The number of benzene rings is 1. The Labute approximate surface area is 140 Å². The largest absolute Gasteiger partial charge is 0.492 e. The van der Waals surface area contributed by atoms with Gasteiger partial charge in [-0.2, -0.15) is 0 Å². The van der Waals surface area contributed by atoms with Gasteiger partial charge in [0, 0.05) is 64.6 Å². The lowest BCUT2D eigenvalue weighted by atomic mass is 10.2. The van der Waals surface area contributed by atoms with E-state index < -0.39 is 0 Å². The maximum absolute atomic E-state index is 5.91. The zero-order valence-electron chi connectivity index (χ0n) is 14.6. The number of rotatable bonds is 5. The van der Waals surface area contributed by atoms with E-state index in [9.17, 15) is 0 Å². The van der Waals surface area contributed by atoms with Crippen LogP contribution in [0, 0.1) is 0 Å². The summed E-state index contributed by atoms with van der Waals surface area (Å²) in [6.45, 7) is 10.9. The lowest BCUT2D eigenvalue weighted by Gasteiger charge is -2.34. The summed E-state index contributed by atoms with van der Waals surface area (Å²) in [6.07, 6.45) is 0. The number of piperazine rings is 2. The van der Waals surface area contributed by atoms with Crippen LogP contribution in [0.4, 0.5) is 5.69 Å². The molecule has 0 N–H and O–H groups in total. The van der Waals surface area contributed by atoms with E-state index in [2.05, 4.69) is 58.0 Å². The number of ether oxygens (including phenoxy) is 1. The maximum atomic E-state index is 5.91. The Morgan fingerprint density at radius 1 is 0.783 bits per heavy atom. The molecule has 0 aromatic heterocycles. The molecule has 0 aliphatic carbocycles. The minimum Gasteiger partial charge on any atom is -0.492 e. The highest BCUT2D eigenvalue weighted by Gasteiger charge is 2.15. The normalized spacial score (nSPS) is 21.6. The highest BCUT2D eigenvalue weighted by molar-refractivity contribution is 5.49. The molecule has 0 saturated carbocycles. The van der Waals surface area contributed by atoms with Crippen molar-refractivity contribution in [3.63, 3.8) is 0 Å². The Hall–Kier alpha value is -1.30. The molecule has 0 bridgehead atoms. The van der Waals surface area contributed by atoms with Crippen LogP contribution in [0.1, 0.15) is 0 Å². The zero-order chi connectivity index (χ0) is 16.1. The van der Waals surface area contributed by atoms with Crippen molar-refractivity contribution < 1.29 is 4.74 Å². The van der Waals surface area contributed by atoms with Crippen LogP contribution in [0.25, 0.3) is 0 Å². The quantitative estimate of drug-likeness (QED) is 0.807. The van der Waals surface area contributed by atoms with Gasteiger partial charge in [0.05, 0.1) is 0 Å². The first-order chi connectivity index (χ1) is 11.2. The van der Waals surface area contributed by atoms with Crippen molar-refractivity contribution >= 4 is 5.69 Å². The highest BCUT2D eigenvalue weighted by Crippen LogP contribution is 2.20. The molecule has 2 fully saturated rings. The first kappa shape index (κ1) is 16.6. The van der Waals surface area contributed by atoms with E-state index in [0.29, 0.717) is 0 Å². The molecule has 0 amide bonds. The van der Waals surface area contributed by atoms with E-state index in [0.717, 1.165) is 58.2 Å². The van der Waals surface area contributed by atoms with Gasteiger partial charge in [-0.25, -0.2) is 0 Å². The molecule has 0 unspecified atom stereocenters. The number of anilines is 1. The molecule has 5 nitrogen and oxygen atoms in total. The summed E-state index contributed by atoms with van der Waals surface area (Å²) in [7, 11) is 4.38. The van der Waals surface area contributed by atoms with Crippen LogP contribution in [-0.2, 0) is 0 Å². The predicted molar refractivity (Wildman–Crippen MR) is 95.6 cm³/mol. The van der Waals surface area contributed by atoms with Crippen molar-refractivity contribution in [1.29, 1.82) is 0 Å². The van der Waals surface area contributed by atoms with Crippen LogP contribution >= 0.6 is 0 Å². The average Bonchev–Trinajstić information content (AvgIpc) is 2.58. The van der Waals surface area contributed by atoms with Gasteiger partial charge in [-0.05, 0) is 38.4 Å². The molecule has 1 aromatic rings. The molecule has 2 aliphatic rings. The smallest absolute Gasteiger partial charge is 0.119 e. The second-order valence-corrected chi connectivity index (χ2v) is 6.78. The molecule has 3 rings (SSSR count). The molecule has 0 radical (unpaired) electrons. The second-order valence-electron chi connectivity index (χ2n) is 6.78. The van der Waals surface area contributed by atoms with Crippen LogP contribution in [0.2, 0.25) is 0 Å². The second kappa shape index (κ2) is 7.99. The first-order valence-corrected chi connectivity index (χ1v) is 8.78. The third-order valence-corrected chi connectivity index (χ3v) is 4.98. The third-order valence-electron chi connectivity index (χ3n) is 4.98. The van der Waals surface area contributed by atoms with Crippen LogP contribution in [0.15, 0.2) is 24.3 Å².